The van der Waals surface area contributed by atoms with Gasteiger partial charge in [0.2, 0.25) is 0 Å². The summed E-state index contributed by atoms with van der Waals surface area (Å²) in [5, 5.41) is 18.0. The molecule has 0 saturated carbocycles. The van der Waals surface area contributed by atoms with Crippen LogP contribution >= 0.6 is 11.6 Å². The van der Waals surface area contributed by atoms with E-state index in [1.165, 1.54) is 6.92 Å². The smallest absolute Gasteiger partial charge is 0.344 e. The molecule has 1 aromatic rings. The standard InChI is InChI=1S/C10H11ClO4/c1-6(10(13)14)15-9-4-2-3-8(11)7(9)5-12/h2-4,6,12H,5H2,1H3,(H,13,14). The molecule has 1 unspecified atom stereocenters. The van der Waals surface area contributed by atoms with Gasteiger partial charge in [-0.1, -0.05) is 17.7 Å². The number of carboxylic acids is 1. The fraction of sp³-hybridized carbons (Fsp3) is 0.300. The van der Waals surface area contributed by atoms with Crippen molar-refractivity contribution in [2.24, 2.45) is 0 Å². The minimum absolute atomic E-state index is 0.290. The van der Waals surface area contributed by atoms with Gasteiger partial charge < -0.3 is 14.9 Å². The zero-order valence-corrected chi connectivity index (χ0v) is 8.86. The largest absolute Gasteiger partial charge is 0.479 e. The van der Waals surface area contributed by atoms with Gasteiger partial charge in [-0.05, 0) is 19.1 Å². The summed E-state index contributed by atoms with van der Waals surface area (Å²) in [6.45, 7) is 1.12. The minimum atomic E-state index is -1.07. The van der Waals surface area contributed by atoms with Crippen LogP contribution in [0, 0.1) is 0 Å². The van der Waals surface area contributed by atoms with E-state index in [1.807, 2.05) is 0 Å². The first-order valence-electron chi connectivity index (χ1n) is 4.34. The molecule has 0 aliphatic heterocycles. The number of benzene rings is 1. The molecule has 0 radical (unpaired) electrons. The summed E-state index contributed by atoms with van der Waals surface area (Å²) in [5.74, 6) is -0.779. The average Bonchev–Trinajstić information content (AvgIpc) is 2.18. The lowest BCUT2D eigenvalue weighted by Crippen LogP contribution is -2.23. The van der Waals surface area contributed by atoms with Crippen molar-refractivity contribution in [1.82, 2.24) is 0 Å². The average molecular weight is 231 g/mol. The van der Waals surface area contributed by atoms with Crippen LogP contribution in [0.5, 0.6) is 5.75 Å². The molecule has 15 heavy (non-hydrogen) atoms. The zero-order valence-electron chi connectivity index (χ0n) is 8.11. The monoisotopic (exact) mass is 230 g/mol. The van der Waals surface area contributed by atoms with Crippen molar-refractivity contribution in [3.8, 4) is 5.75 Å². The number of hydrogen-bond acceptors (Lipinski definition) is 3. The van der Waals surface area contributed by atoms with Crippen LogP contribution in [0.3, 0.4) is 0 Å². The lowest BCUT2D eigenvalue weighted by molar-refractivity contribution is -0.144. The molecule has 0 spiro atoms. The number of carbonyl (C=O) groups is 1. The molecular formula is C10H11ClO4. The quantitative estimate of drug-likeness (QED) is 0.826. The Morgan fingerprint density at radius 1 is 1.60 bits per heavy atom. The minimum Gasteiger partial charge on any atom is -0.479 e. The molecule has 1 aromatic carbocycles. The first kappa shape index (κ1) is 11.8. The molecule has 1 atom stereocenters. The molecule has 82 valence electrons. The van der Waals surface area contributed by atoms with Gasteiger partial charge >= 0.3 is 5.97 Å². The second-order valence-electron chi connectivity index (χ2n) is 2.97. The van der Waals surface area contributed by atoms with E-state index in [0.29, 0.717) is 16.3 Å². The number of ether oxygens (including phenoxy) is 1. The van der Waals surface area contributed by atoms with Gasteiger partial charge in [0.25, 0.3) is 0 Å². The summed E-state index contributed by atoms with van der Waals surface area (Å²) in [7, 11) is 0. The van der Waals surface area contributed by atoms with Crippen molar-refractivity contribution in [3.63, 3.8) is 0 Å². The Balaban J connectivity index is 2.94. The third kappa shape index (κ3) is 2.84. The first-order valence-corrected chi connectivity index (χ1v) is 4.71. The molecule has 0 saturated heterocycles. The van der Waals surface area contributed by atoms with Crippen LogP contribution in [0.25, 0.3) is 0 Å². The van der Waals surface area contributed by atoms with Gasteiger partial charge in [0.1, 0.15) is 5.75 Å². The Kier molecular flexibility index (Phi) is 3.94. The van der Waals surface area contributed by atoms with Crippen molar-refractivity contribution in [2.75, 3.05) is 0 Å². The molecule has 0 aliphatic carbocycles. The van der Waals surface area contributed by atoms with E-state index in [9.17, 15) is 4.79 Å². The molecule has 0 heterocycles. The highest BCUT2D eigenvalue weighted by molar-refractivity contribution is 6.31. The van der Waals surface area contributed by atoms with E-state index in [4.69, 9.17) is 26.6 Å². The maximum absolute atomic E-state index is 10.6. The van der Waals surface area contributed by atoms with Gasteiger partial charge in [0.15, 0.2) is 6.10 Å². The summed E-state index contributed by atoms with van der Waals surface area (Å²) >= 11 is 5.81. The number of halogens is 1. The molecular weight excluding hydrogens is 220 g/mol. The maximum atomic E-state index is 10.6. The van der Waals surface area contributed by atoms with Gasteiger partial charge in [0.05, 0.1) is 6.61 Å². The number of aliphatic carboxylic acids is 1. The second-order valence-corrected chi connectivity index (χ2v) is 3.38. The van der Waals surface area contributed by atoms with Crippen molar-refractivity contribution < 1.29 is 19.7 Å². The summed E-state index contributed by atoms with van der Waals surface area (Å²) in [4.78, 5) is 10.6. The maximum Gasteiger partial charge on any atom is 0.344 e. The number of hydrogen-bond donors (Lipinski definition) is 2. The fourth-order valence-corrected chi connectivity index (χ4v) is 1.27. The van der Waals surface area contributed by atoms with Crippen LogP contribution in [-0.4, -0.2) is 22.3 Å². The molecule has 0 bridgehead atoms. The van der Waals surface area contributed by atoms with Crippen molar-refractivity contribution in [1.29, 1.82) is 0 Å². The van der Waals surface area contributed by atoms with E-state index in [2.05, 4.69) is 0 Å². The zero-order chi connectivity index (χ0) is 11.4. The van der Waals surface area contributed by atoms with E-state index in [1.54, 1.807) is 18.2 Å². The fourth-order valence-electron chi connectivity index (χ4n) is 1.04. The van der Waals surface area contributed by atoms with Crippen molar-refractivity contribution >= 4 is 17.6 Å². The van der Waals surface area contributed by atoms with Gasteiger partial charge in [-0.3, -0.25) is 0 Å². The van der Waals surface area contributed by atoms with Gasteiger partial charge in [-0.15, -0.1) is 0 Å². The molecule has 0 amide bonds. The highest BCUT2D eigenvalue weighted by atomic mass is 35.5. The SMILES string of the molecule is CC(Oc1cccc(Cl)c1CO)C(=O)O. The number of carboxylic acid groups (broad SMARTS) is 1. The summed E-state index contributed by atoms with van der Waals surface area (Å²) in [6.07, 6.45) is -0.978. The van der Waals surface area contributed by atoms with E-state index in [0.717, 1.165) is 0 Å². The molecule has 4 nitrogen and oxygen atoms in total. The molecule has 0 aromatic heterocycles. The van der Waals surface area contributed by atoms with Gasteiger partial charge in [0, 0.05) is 10.6 Å². The normalized spacial score (nSPS) is 12.2. The third-order valence-corrected chi connectivity index (χ3v) is 2.24. The lowest BCUT2D eigenvalue weighted by Gasteiger charge is -2.14. The number of rotatable bonds is 4. The molecule has 0 fully saturated rings. The predicted molar refractivity (Wildman–Crippen MR) is 55.1 cm³/mol. The summed E-state index contributed by atoms with van der Waals surface area (Å²) in [5.41, 5.74) is 0.396. The number of aliphatic hydroxyl groups excluding tert-OH is 1. The lowest BCUT2D eigenvalue weighted by atomic mass is 10.2. The molecule has 0 aliphatic rings. The Morgan fingerprint density at radius 2 is 2.27 bits per heavy atom. The highest BCUT2D eigenvalue weighted by Crippen LogP contribution is 2.27. The van der Waals surface area contributed by atoms with Gasteiger partial charge in [-0.2, -0.15) is 0 Å². The van der Waals surface area contributed by atoms with Crippen molar-refractivity contribution in [2.45, 2.75) is 19.6 Å². The van der Waals surface area contributed by atoms with Crippen LogP contribution in [0.1, 0.15) is 12.5 Å². The van der Waals surface area contributed by atoms with Crippen LogP contribution in [0.15, 0.2) is 18.2 Å². The second kappa shape index (κ2) is 5.00. The summed E-state index contributed by atoms with van der Waals surface area (Å²) in [6, 6.07) is 4.80. The Hall–Kier alpha value is -1.26. The first-order chi connectivity index (χ1) is 7.06. The predicted octanol–water partition coefficient (Wildman–Crippen LogP) is 1.68. The Morgan fingerprint density at radius 3 is 2.80 bits per heavy atom. The number of aliphatic hydroxyl groups is 1. The Labute approximate surface area is 92.1 Å². The molecule has 1 rings (SSSR count). The van der Waals surface area contributed by atoms with Crippen molar-refractivity contribution in [3.05, 3.63) is 28.8 Å². The van der Waals surface area contributed by atoms with E-state index < -0.39 is 12.1 Å². The van der Waals surface area contributed by atoms with Crippen LogP contribution in [0.2, 0.25) is 5.02 Å². The Bertz CT molecular complexity index is 364. The van der Waals surface area contributed by atoms with Crippen LogP contribution in [0.4, 0.5) is 0 Å². The van der Waals surface area contributed by atoms with E-state index in [-0.39, 0.29) is 6.61 Å². The van der Waals surface area contributed by atoms with Crippen LogP contribution < -0.4 is 4.74 Å². The third-order valence-electron chi connectivity index (χ3n) is 1.89. The van der Waals surface area contributed by atoms with Gasteiger partial charge in [-0.25, -0.2) is 4.79 Å². The highest BCUT2D eigenvalue weighted by Gasteiger charge is 2.15. The van der Waals surface area contributed by atoms with E-state index >= 15 is 0 Å². The molecule has 5 heteroatoms. The summed E-state index contributed by atoms with van der Waals surface area (Å²) < 4.78 is 5.13. The van der Waals surface area contributed by atoms with Crippen LogP contribution in [-0.2, 0) is 11.4 Å². The molecule has 2 N–H and O–H groups in total. The topological polar surface area (TPSA) is 66.8 Å².